The van der Waals surface area contributed by atoms with E-state index in [1.807, 2.05) is 12.1 Å². The lowest BCUT2D eigenvalue weighted by molar-refractivity contribution is 0.400. The molecular formula is C17H19FN2O5S2. The Labute approximate surface area is 157 Å². The molecule has 0 bridgehead atoms. The minimum absolute atomic E-state index is 0.0276. The van der Waals surface area contributed by atoms with Crippen LogP contribution in [0.2, 0.25) is 0 Å². The molecule has 0 aromatic heterocycles. The number of methoxy groups -OCH3 is 1. The molecule has 0 atom stereocenters. The Hall–Kier alpha value is -2.17. The second-order valence-electron chi connectivity index (χ2n) is 5.96. The van der Waals surface area contributed by atoms with Crippen molar-refractivity contribution in [2.75, 3.05) is 30.3 Å². The molecule has 146 valence electrons. The summed E-state index contributed by atoms with van der Waals surface area (Å²) in [4.78, 5) is -0.381. The number of hydrogen-bond donors (Lipinski definition) is 1. The van der Waals surface area contributed by atoms with Crippen LogP contribution in [-0.2, 0) is 26.5 Å². The van der Waals surface area contributed by atoms with Crippen molar-refractivity contribution in [2.45, 2.75) is 11.3 Å². The van der Waals surface area contributed by atoms with E-state index < -0.39 is 31.6 Å². The molecule has 0 unspecified atom stereocenters. The van der Waals surface area contributed by atoms with E-state index >= 15 is 0 Å². The van der Waals surface area contributed by atoms with Gasteiger partial charge in [-0.15, -0.1) is 0 Å². The largest absolute Gasteiger partial charge is 0.495 e. The standard InChI is InChI=1S/C17H19FN2O5S2/c1-25-16-7-6-14(18)12-17(16)27(23,24)19-9-11-26(21,22)20-10-8-13-4-2-3-5-15(13)20/h2-7,12,19H,8-11H2,1H3. The molecule has 1 aliphatic rings. The monoisotopic (exact) mass is 414 g/mol. The molecule has 2 aromatic carbocycles. The van der Waals surface area contributed by atoms with Gasteiger partial charge in [-0.2, -0.15) is 0 Å². The fourth-order valence-corrected chi connectivity index (χ4v) is 5.72. The fraction of sp³-hybridized carbons (Fsp3) is 0.294. The van der Waals surface area contributed by atoms with Crippen LogP contribution in [0, 0.1) is 5.82 Å². The Morgan fingerprint density at radius 3 is 2.63 bits per heavy atom. The lowest BCUT2D eigenvalue weighted by atomic mass is 10.2. The van der Waals surface area contributed by atoms with E-state index in [-0.39, 0.29) is 17.2 Å². The van der Waals surface area contributed by atoms with Gasteiger partial charge in [0.25, 0.3) is 0 Å². The van der Waals surface area contributed by atoms with Crippen LogP contribution in [0.4, 0.5) is 10.1 Å². The summed E-state index contributed by atoms with van der Waals surface area (Å²) in [6.07, 6.45) is 0.613. The van der Waals surface area contributed by atoms with E-state index in [9.17, 15) is 21.2 Å². The predicted molar refractivity (Wildman–Crippen MR) is 99.4 cm³/mol. The molecule has 10 heteroatoms. The number of nitrogens with one attached hydrogen (secondary N) is 1. The van der Waals surface area contributed by atoms with Crippen LogP contribution >= 0.6 is 0 Å². The Morgan fingerprint density at radius 2 is 1.89 bits per heavy atom. The molecule has 3 rings (SSSR count). The maximum atomic E-state index is 13.4. The zero-order valence-electron chi connectivity index (χ0n) is 14.6. The SMILES string of the molecule is COc1ccc(F)cc1S(=O)(=O)NCCS(=O)(=O)N1CCc2ccccc21. The quantitative estimate of drug-likeness (QED) is 0.741. The number of sulfonamides is 2. The highest BCUT2D eigenvalue weighted by molar-refractivity contribution is 7.93. The van der Waals surface area contributed by atoms with Crippen molar-refractivity contribution in [1.82, 2.24) is 4.72 Å². The van der Waals surface area contributed by atoms with Gasteiger partial charge in [0.1, 0.15) is 16.5 Å². The number of hydrogen-bond acceptors (Lipinski definition) is 5. The molecular weight excluding hydrogens is 395 g/mol. The zero-order chi connectivity index (χ0) is 19.7. The molecule has 0 amide bonds. The predicted octanol–water partition coefficient (Wildman–Crippen LogP) is 1.51. The third-order valence-electron chi connectivity index (χ3n) is 4.25. The van der Waals surface area contributed by atoms with Crippen molar-refractivity contribution in [3.05, 3.63) is 53.8 Å². The van der Waals surface area contributed by atoms with Crippen molar-refractivity contribution in [3.63, 3.8) is 0 Å². The van der Waals surface area contributed by atoms with Gasteiger partial charge in [-0.25, -0.2) is 25.9 Å². The minimum atomic E-state index is -4.13. The zero-order valence-corrected chi connectivity index (χ0v) is 16.2. The average molecular weight is 414 g/mol. The van der Waals surface area contributed by atoms with E-state index in [1.165, 1.54) is 17.5 Å². The van der Waals surface area contributed by atoms with Gasteiger partial charge < -0.3 is 4.74 Å². The summed E-state index contributed by atoms with van der Waals surface area (Å²) in [5, 5.41) is 0. The number of rotatable bonds is 7. The lowest BCUT2D eigenvalue weighted by Gasteiger charge is -2.19. The van der Waals surface area contributed by atoms with Crippen molar-refractivity contribution in [3.8, 4) is 5.75 Å². The molecule has 1 heterocycles. The Kier molecular flexibility index (Phi) is 5.41. The van der Waals surface area contributed by atoms with Gasteiger partial charge in [0.15, 0.2) is 0 Å². The number of ether oxygens (including phenoxy) is 1. The van der Waals surface area contributed by atoms with Crippen LogP contribution in [0.15, 0.2) is 47.4 Å². The van der Waals surface area contributed by atoms with Crippen LogP contribution in [0.1, 0.15) is 5.56 Å². The Morgan fingerprint density at radius 1 is 1.15 bits per heavy atom. The molecule has 0 saturated heterocycles. The van der Waals surface area contributed by atoms with Crippen molar-refractivity contribution in [1.29, 1.82) is 0 Å². The summed E-state index contributed by atoms with van der Waals surface area (Å²) in [5.41, 5.74) is 1.55. The molecule has 0 fully saturated rings. The Balaban J connectivity index is 1.72. The number of benzene rings is 2. The maximum Gasteiger partial charge on any atom is 0.244 e. The van der Waals surface area contributed by atoms with E-state index in [2.05, 4.69) is 4.72 Å². The highest BCUT2D eigenvalue weighted by Gasteiger charge is 2.29. The summed E-state index contributed by atoms with van der Waals surface area (Å²) >= 11 is 0. The summed E-state index contributed by atoms with van der Waals surface area (Å²) in [6, 6.07) is 10.3. The van der Waals surface area contributed by atoms with Crippen LogP contribution in [-0.4, -0.2) is 42.8 Å². The second kappa shape index (κ2) is 7.45. The molecule has 27 heavy (non-hydrogen) atoms. The van der Waals surface area contributed by atoms with Gasteiger partial charge in [-0.3, -0.25) is 4.31 Å². The third-order valence-corrected chi connectivity index (χ3v) is 7.50. The van der Waals surface area contributed by atoms with Crippen LogP contribution < -0.4 is 13.8 Å². The molecule has 7 nitrogen and oxygen atoms in total. The normalized spacial score (nSPS) is 14.2. The highest BCUT2D eigenvalue weighted by atomic mass is 32.2. The first-order chi connectivity index (χ1) is 12.7. The third kappa shape index (κ3) is 4.07. The average Bonchev–Trinajstić information content (AvgIpc) is 3.06. The van der Waals surface area contributed by atoms with Gasteiger partial charge in [0.05, 0.1) is 18.6 Å². The highest BCUT2D eigenvalue weighted by Crippen LogP contribution is 2.30. The van der Waals surface area contributed by atoms with Gasteiger partial charge >= 0.3 is 0 Å². The van der Waals surface area contributed by atoms with Crippen LogP contribution in [0.5, 0.6) is 5.75 Å². The number of anilines is 1. The lowest BCUT2D eigenvalue weighted by Crippen LogP contribution is -2.37. The van der Waals surface area contributed by atoms with Gasteiger partial charge in [-0.05, 0) is 36.2 Å². The summed E-state index contributed by atoms with van der Waals surface area (Å²) in [5.74, 6) is -1.18. The van der Waals surface area contributed by atoms with E-state index in [1.54, 1.807) is 12.1 Å². The minimum Gasteiger partial charge on any atom is -0.495 e. The molecule has 0 radical (unpaired) electrons. The van der Waals surface area contributed by atoms with Crippen molar-refractivity contribution >= 4 is 25.7 Å². The number of fused-ring (bicyclic) bond motifs is 1. The molecule has 1 N–H and O–H groups in total. The fourth-order valence-electron chi connectivity index (χ4n) is 2.95. The van der Waals surface area contributed by atoms with E-state index in [0.717, 1.165) is 17.7 Å². The summed E-state index contributed by atoms with van der Waals surface area (Å²) < 4.78 is 71.9. The summed E-state index contributed by atoms with van der Waals surface area (Å²) in [6.45, 7) is -0.0187. The second-order valence-corrected chi connectivity index (χ2v) is 9.71. The molecule has 1 aliphatic heterocycles. The maximum absolute atomic E-state index is 13.4. The first-order valence-electron chi connectivity index (χ1n) is 8.16. The number of para-hydroxylation sites is 1. The molecule has 0 aliphatic carbocycles. The van der Waals surface area contributed by atoms with Gasteiger partial charge in [0, 0.05) is 13.1 Å². The van der Waals surface area contributed by atoms with E-state index in [4.69, 9.17) is 4.74 Å². The topological polar surface area (TPSA) is 92.8 Å². The van der Waals surface area contributed by atoms with Crippen LogP contribution in [0.3, 0.4) is 0 Å². The molecule has 0 saturated carbocycles. The van der Waals surface area contributed by atoms with E-state index in [0.29, 0.717) is 18.7 Å². The molecule has 0 spiro atoms. The van der Waals surface area contributed by atoms with Crippen molar-refractivity contribution < 1.29 is 26.0 Å². The smallest absolute Gasteiger partial charge is 0.244 e. The summed E-state index contributed by atoms with van der Waals surface area (Å²) in [7, 11) is -6.57. The first-order valence-corrected chi connectivity index (χ1v) is 11.3. The van der Waals surface area contributed by atoms with Crippen molar-refractivity contribution in [2.24, 2.45) is 0 Å². The number of nitrogens with zero attached hydrogens (tertiary/aromatic N) is 1. The Bertz CT molecular complexity index is 1050. The van der Waals surface area contributed by atoms with Gasteiger partial charge in [-0.1, -0.05) is 18.2 Å². The van der Waals surface area contributed by atoms with Gasteiger partial charge in [0.2, 0.25) is 20.0 Å². The van der Waals surface area contributed by atoms with Crippen LogP contribution in [0.25, 0.3) is 0 Å². The first kappa shape index (κ1) is 19.6. The molecule has 2 aromatic rings. The number of halogens is 1.